The summed E-state index contributed by atoms with van der Waals surface area (Å²) in [5.41, 5.74) is 4.59. The first-order chi connectivity index (χ1) is 10.7. The number of aromatic nitrogens is 1. The maximum absolute atomic E-state index is 12.7. The lowest BCUT2D eigenvalue weighted by Gasteiger charge is -2.11. The Labute approximate surface area is 138 Å². The molecule has 23 heavy (non-hydrogen) atoms. The Bertz CT molecular complexity index is 732. The molecule has 4 N–H and O–H groups in total. The van der Waals surface area contributed by atoms with Crippen LogP contribution in [0.15, 0.2) is 18.2 Å². The number of thiazole rings is 1. The molecule has 1 aromatic carbocycles. The average molecular weight is 365 g/mol. The molecule has 2 aromatic rings. The highest BCUT2D eigenvalue weighted by Gasteiger charge is 2.31. The molecule has 0 saturated carbocycles. The molecule has 0 bridgehead atoms. The molecule has 1 amide bonds. The number of amides is 1. The third-order valence-corrected chi connectivity index (χ3v) is 4.09. The van der Waals surface area contributed by atoms with Gasteiger partial charge < -0.3 is 16.4 Å². The molecular formula is C13H12ClF3N4OS. The molecule has 0 aliphatic rings. The van der Waals surface area contributed by atoms with Crippen LogP contribution in [0.2, 0.25) is 5.02 Å². The second-order valence-electron chi connectivity index (χ2n) is 4.41. The summed E-state index contributed by atoms with van der Waals surface area (Å²) in [5.74, 6) is -0.683. The first kappa shape index (κ1) is 17.4. The summed E-state index contributed by atoms with van der Waals surface area (Å²) >= 11 is 6.84. The van der Waals surface area contributed by atoms with Gasteiger partial charge in [0.15, 0.2) is 5.13 Å². The number of hydrogen-bond donors (Lipinski definition) is 3. The number of hydrogen-bond acceptors (Lipinski definition) is 5. The van der Waals surface area contributed by atoms with Crippen molar-refractivity contribution in [3.8, 4) is 0 Å². The molecule has 0 spiro atoms. The van der Waals surface area contributed by atoms with E-state index < -0.39 is 17.6 Å². The van der Waals surface area contributed by atoms with Gasteiger partial charge in [-0.2, -0.15) is 13.2 Å². The molecular weight excluding hydrogens is 353 g/mol. The predicted molar refractivity (Wildman–Crippen MR) is 85.1 cm³/mol. The monoisotopic (exact) mass is 364 g/mol. The molecule has 0 atom stereocenters. The van der Waals surface area contributed by atoms with E-state index in [-0.39, 0.29) is 21.4 Å². The van der Waals surface area contributed by atoms with Crippen LogP contribution in [-0.2, 0) is 6.18 Å². The van der Waals surface area contributed by atoms with Crippen molar-refractivity contribution in [2.45, 2.75) is 13.1 Å². The van der Waals surface area contributed by atoms with Crippen molar-refractivity contribution in [3.05, 3.63) is 33.7 Å². The van der Waals surface area contributed by atoms with E-state index >= 15 is 0 Å². The highest BCUT2D eigenvalue weighted by Crippen LogP contribution is 2.34. The molecule has 0 unspecified atom stereocenters. The fourth-order valence-corrected chi connectivity index (χ4v) is 2.71. The zero-order chi connectivity index (χ0) is 17.2. The van der Waals surface area contributed by atoms with Gasteiger partial charge in [0, 0.05) is 6.54 Å². The molecule has 0 radical (unpaired) electrons. The number of alkyl halides is 3. The second kappa shape index (κ2) is 6.63. The molecule has 2 rings (SSSR count). The smallest absolute Gasteiger partial charge is 0.382 e. The standard InChI is InChI=1S/C13H12ClF3N4OS/c1-2-19-12-21-10(18)9(23-12)11(22)20-8-5-6(13(15,16)17)3-4-7(8)14/h3-5H,2,18H2,1H3,(H,19,21)(H,20,22). The minimum absolute atomic E-state index is 0.00783. The van der Waals surface area contributed by atoms with Crippen LogP contribution < -0.4 is 16.4 Å². The number of anilines is 3. The van der Waals surface area contributed by atoms with Crippen LogP contribution in [0.4, 0.5) is 29.8 Å². The number of nitrogens with zero attached hydrogens (tertiary/aromatic N) is 1. The fourth-order valence-electron chi connectivity index (χ4n) is 1.70. The van der Waals surface area contributed by atoms with Gasteiger partial charge in [-0.25, -0.2) is 4.98 Å². The first-order valence-corrected chi connectivity index (χ1v) is 7.60. The molecule has 1 aromatic heterocycles. The zero-order valence-corrected chi connectivity index (χ0v) is 13.4. The van der Waals surface area contributed by atoms with Crippen LogP contribution in [0.25, 0.3) is 0 Å². The largest absolute Gasteiger partial charge is 0.416 e. The summed E-state index contributed by atoms with van der Waals surface area (Å²) in [4.78, 5) is 16.2. The zero-order valence-electron chi connectivity index (χ0n) is 11.8. The first-order valence-electron chi connectivity index (χ1n) is 6.40. The summed E-state index contributed by atoms with van der Waals surface area (Å²) < 4.78 is 38.2. The fraction of sp³-hybridized carbons (Fsp3) is 0.231. The van der Waals surface area contributed by atoms with E-state index in [0.717, 1.165) is 29.5 Å². The SMILES string of the molecule is CCNc1nc(N)c(C(=O)Nc2cc(C(F)(F)F)ccc2Cl)s1. The minimum atomic E-state index is -4.54. The topological polar surface area (TPSA) is 80.0 Å². The van der Waals surface area contributed by atoms with Gasteiger partial charge in [-0.05, 0) is 25.1 Å². The lowest BCUT2D eigenvalue weighted by atomic mass is 10.2. The van der Waals surface area contributed by atoms with Crippen LogP contribution >= 0.6 is 22.9 Å². The summed E-state index contributed by atoms with van der Waals surface area (Å²) in [5, 5.41) is 5.66. The molecule has 10 heteroatoms. The van der Waals surface area contributed by atoms with Crippen molar-refractivity contribution in [2.75, 3.05) is 22.9 Å². The number of carbonyl (C=O) groups is 1. The van der Waals surface area contributed by atoms with Gasteiger partial charge in [-0.1, -0.05) is 22.9 Å². The number of nitrogen functional groups attached to an aromatic ring is 1. The molecule has 0 aliphatic heterocycles. The molecule has 0 aliphatic carbocycles. The highest BCUT2D eigenvalue weighted by atomic mass is 35.5. The second-order valence-corrected chi connectivity index (χ2v) is 5.82. The van der Waals surface area contributed by atoms with Crippen LogP contribution in [0.1, 0.15) is 22.2 Å². The number of rotatable bonds is 4. The number of benzene rings is 1. The van der Waals surface area contributed by atoms with Gasteiger partial charge in [0.1, 0.15) is 10.7 Å². The van der Waals surface area contributed by atoms with Crippen molar-refractivity contribution < 1.29 is 18.0 Å². The maximum atomic E-state index is 12.7. The van der Waals surface area contributed by atoms with Crippen molar-refractivity contribution >= 4 is 45.5 Å². The van der Waals surface area contributed by atoms with Crippen molar-refractivity contribution in [2.24, 2.45) is 0 Å². The van der Waals surface area contributed by atoms with Gasteiger partial charge >= 0.3 is 6.18 Å². The summed E-state index contributed by atoms with van der Waals surface area (Å²) in [6.45, 7) is 2.44. The Morgan fingerprint density at radius 3 is 2.74 bits per heavy atom. The minimum Gasteiger partial charge on any atom is -0.382 e. The summed E-state index contributed by atoms with van der Waals surface area (Å²) in [7, 11) is 0. The van der Waals surface area contributed by atoms with Gasteiger partial charge in [0.05, 0.1) is 16.3 Å². The van der Waals surface area contributed by atoms with Crippen LogP contribution in [-0.4, -0.2) is 17.4 Å². The number of nitrogens with two attached hydrogens (primary N) is 1. The average Bonchev–Trinajstić information content (AvgIpc) is 2.81. The summed E-state index contributed by atoms with van der Waals surface area (Å²) in [6, 6.07) is 2.67. The quantitative estimate of drug-likeness (QED) is 0.763. The van der Waals surface area contributed by atoms with E-state index in [9.17, 15) is 18.0 Å². The Kier molecular flexibility index (Phi) is 5.00. The Morgan fingerprint density at radius 1 is 1.43 bits per heavy atom. The van der Waals surface area contributed by atoms with E-state index in [1.165, 1.54) is 0 Å². The van der Waals surface area contributed by atoms with E-state index in [1.807, 2.05) is 6.92 Å². The normalized spacial score (nSPS) is 11.3. The molecule has 1 heterocycles. The molecule has 124 valence electrons. The number of halogens is 4. The van der Waals surface area contributed by atoms with Gasteiger partial charge in [-0.15, -0.1) is 0 Å². The highest BCUT2D eigenvalue weighted by molar-refractivity contribution is 7.18. The summed E-state index contributed by atoms with van der Waals surface area (Å²) in [6.07, 6.45) is -4.54. The van der Waals surface area contributed by atoms with Crippen molar-refractivity contribution in [3.63, 3.8) is 0 Å². The molecule has 0 saturated heterocycles. The Morgan fingerprint density at radius 2 is 2.13 bits per heavy atom. The molecule has 5 nitrogen and oxygen atoms in total. The maximum Gasteiger partial charge on any atom is 0.416 e. The van der Waals surface area contributed by atoms with Crippen molar-refractivity contribution in [1.29, 1.82) is 0 Å². The van der Waals surface area contributed by atoms with Crippen LogP contribution in [0.5, 0.6) is 0 Å². The third kappa shape index (κ3) is 4.05. The van der Waals surface area contributed by atoms with E-state index in [2.05, 4.69) is 15.6 Å². The van der Waals surface area contributed by atoms with Gasteiger partial charge in [0.25, 0.3) is 5.91 Å². The Hall–Kier alpha value is -2.00. The van der Waals surface area contributed by atoms with Gasteiger partial charge in [0.2, 0.25) is 0 Å². The number of carbonyl (C=O) groups excluding carboxylic acids is 1. The Balaban J connectivity index is 2.26. The predicted octanol–water partition coefficient (Wildman–Crippen LogP) is 4.08. The number of nitrogens with one attached hydrogen (secondary N) is 2. The van der Waals surface area contributed by atoms with E-state index in [4.69, 9.17) is 17.3 Å². The van der Waals surface area contributed by atoms with Crippen LogP contribution in [0, 0.1) is 0 Å². The van der Waals surface area contributed by atoms with Gasteiger partial charge in [-0.3, -0.25) is 4.79 Å². The molecule has 0 fully saturated rings. The lowest BCUT2D eigenvalue weighted by molar-refractivity contribution is -0.137. The van der Waals surface area contributed by atoms with Crippen LogP contribution in [0.3, 0.4) is 0 Å². The third-order valence-electron chi connectivity index (χ3n) is 2.73. The van der Waals surface area contributed by atoms with E-state index in [1.54, 1.807) is 0 Å². The lowest BCUT2D eigenvalue weighted by Crippen LogP contribution is -2.14. The van der Waals surface area contributed by atoms with E-state index in [0.29, 0.717) is 11.7 Å². The van der Waals surface area contributed by atoms with Crippen molar-refractivity contribution in [1.82, 2.24) is 4.98 Å².